The van der Waals surface area contributed by atoms with E-state index in [2.05, 4.69) is 17.6 Å². The SMILES string of the molecule is CCSCC(C)NC(=O)Nc1ccc(/C=C/C(=O)O)cc1. The van der Waals surface area contributed by atoms with Gasteiger partial charge in [0.25, 0.3) is 0 Å². The minimum atomic E-state index is -0.990. The molecule has 1 aromatic rings. The maximum absolute atomic E-state index is 11.8. The van der Waals surface area contributed by atoms with E-state index in [0.717, 1.165) is 23.1 Å². The summed E-state index contributed by atoms with van der Waals surface area (Å²) in [4.78, 5) is 22.2. The standard InChI is InChI=1S/C15H20N2O3S/c1-3-21-10-11(2)16-15(20)17-13-7-4-12(5-8-13)6-9-14(18)19/h4-9,11H,3,10H2,1-2H3,(H,18,19)(H2,16,17,20)/b9-6+. The monoisotopic (exact) mass is 308 g/mol. The van der Waals surface area contributed by atoms with Crippen molar-refractivity contribution in [1.29, 1.82) is 0 Å². The van der Waals surface area contributed by atoms with Crippen LogP contribution in [-0.4, -0.2) is 34.7 Å². The largest absolute Gasteiger partial charge is 0.478 e. The molecule has 0 spiro atoms. The van der Waals surface area contributed by atoms with E-state index in [1.165, 1.54) is 6.08 Å². The summed E-state index contributed by atoms with van der Waals surface area (Å²) in [6.07, 6.45) is 2.57. The average molecular weight is 308 g/mol. The normalized spacial score (nSPS) is 12.1. The van der Waals surface area contributed by atoms with Gasteiger partial charge in [0.15, 0.2) is 0 Å². The predicted molar refractivity (Wildman–Crippen MR) is 87.7 cm³/mol. The molecule has 0 bridgehead atoms. The van der Waals surface area contributed by atoms with Gasteiger partial charge >= 0.3 is 12.0 Å². The van der Waals surface area contributed by atoms with E-state index in [9.17, 15) is 9.59 Å². The van der Waals surface area contributed by atoms with E-state index in [-0.39, 0.29) is 12.1 Å². The van der Waals surface area contributed by atoms with Crippen molar-refractivity contribution in [2.75, 3.05) is 16.8 Å². The van der Waals surface area contributed by atoms with Crippen LogP contribution in [0.15, 0.2) is 30.3 Å². The van der Waals surface area contributed by atoms with Crippen molar-refractivity contribution in [3.8, 4) is 0 Å². The Kier molecular flexibility index (Phi) is 7.39. The molecule has 6 heteroatoms. The zero-order valence-electron chi connectivity index (χ0n) is 12.1. The quantitative estimate of drug-likeness (QED) is 0.677. The van der Waals surface area contributed by atoms with Crippen LogP contribution in [-0.2, 0) is 4.79 Å². The van der Waals surface area contributed by atoms with E-state index in [0.29, 0.717) is 5.69 Å². The average Bonchev–Trinajstić information content (AvgIpc) is 2.44. The summed E-state index contributed by atoms with van der Waals surface area (Å²) in [5.74, 6) is 0.914. The maximum Gasteiger partial charge on any atom is 0.328 e. The third kappa shape index (κ3) is 7.41. The Morgan fingerprint density at radius 2 is 2.00 bits per heavy atom. The highest BCUT2D eigenvalue weighted by molar-refractivity contribution is 7.99. The number of carboxylic acid groups (broad SMARTS) is 1. The Balaban J connectivity index is 2.48. The Hall–Kier alpha value is -1.95. The number of thioether (sulfide) groups is 1. The zero-order valence-corrected chi connectivity index (χ0v) is 12.9. The van der Waals surface area contributed by atoms with Crippen molar-refractivity contribution in [2.24, 2.45) is 0 Å². The molecular formula is C15H20N2O3S. The lowest BCUT2D eigenvalue weighted by Crippen LogP contribution is -2.37. The van der Waals surface area contributed by atoms with Crippen molar-refractivity contribution in [2.45, 2.75) is 19.9 Å². The first-order valence-corrected chi connectivity index (χ1v) is 7.83. The number of hydrogen-bond acceptors (Lipinski definition) is 3. The number of hydrogen-bond donors (Lipinski definition) is 3. The smallest absolute Gasteiger partial charge is 0.328 e. The number of nitrogens with one attached hydrogen (secondary N) is 2. The molecule has 1 unspecified atom stereocenters. The molecule has 1 aromatic carbocycles. The van der Waals surface area contributed by atoms with Gasteiger partial charge in [-0.25, -0.2) is 9.59 Å². The summed E-state index contributed by atoms with van der Waals surface area (Å²) in [7, 11) is 0. The van der Waals surface area contributed by atoms with Crippen LogP contribution in [0.3, 0.4) is 0 Å². The minimum Gasteiger partial charge on any atom is -0.478 e. The topological polar surface area (TPSA) is 78.4 Å². The fourth-order valence-electron chi connectivity index (χ4n) is 1.57. The van der Waals surface area contributed by atoms with Crippen molar-refractivity contribution >= 4 is 35.5 Å². The van der Waals surface area contributed by atoms with Gasteiger partial charge in [0.2, 0.25) is 0 Å². The molecule has 114 valence electrons. The van der Waals surface area contributed by atoms with Gasteiger partial charge in [-0.1, -0.05) is 19.1 Å². The lowest BCUT2D eigenvalue weighted by Gasteiger charge is -2.14. The number of amides is 2. The Morgan fingerprint density at radius 1 is 1.33 bits per heavy atom. The molecule has 5 nitrogen and oxygen atoms in total. The van der Waals surface area contributed by atoms with E-state index in [1.807, 2.05) is 6.92 Å². The van der Waals surface area contributed by atoms with Crippen LogP contribution < -0.4 is 10.6 Å². The fourth-order valence-corrected chi connectivity index (χ4v) is 2.24. The molecule has 0 aromatic heterocycles. The molecule has 0 fully saturated rings. The third-order valence-electron chi connectivity index (χ3n) is 2.54. The predicted octanol–water partition coefficient (Wildman–Crippen LogP) is 3.05. The molecule has 3 N–H and O–H groups in total. The van der Waals surface area contributed by atoms with Gasteiger partial charge in [-0.3, -0.25) is 0 Å². The molecule has 2 amide bonds. The summed E-state index contributed by atoms with van der Waals surface area (Å²) in [6.45, 7) is 4.04. The lowest BCUT2D eigenvalue weighted by atomic mass is 10.2. The molecule has 0 saturated carbocycles. The summed E-state index contributed by atoms with van der Waals surface area (Å²) in [5.41, 5.74) is 1.42. The van der Waals surface area contributed by atoms with Gasteiger partial charge in [0.1, 0.15) is 0 Å². The van der Waals surface area contributed by atoms with E-state index >= 15 is 0 Å². The summed E-state index contributed by atoms with van der Waals surface area (Å²) >= 11 is 1.78. The molecule has 1 rings (SSSR count). The van der Waals surface area contributed by atoms with Gasteiger partial charge in [-0.05, 0) is 36.4 Å². The second-order valence-electron chi connectivity index (χ2n) is 4.45. The zero-order chi connectivity index (χ0) is 15.7. The summed E-state index contributed by atoms with van der Waals surface area (Å²) < 4.78 is 0. The number of aliphatic carboxylic acids is 1. The highest BCUT2D eigenvalue weighted by Crippen LogP contribution is 2.11. The molecule has 0 aliphatic carbocycles. The first kappa shape index (κ1) is 17.1. The lowest BCUT2D eigenvalue weighted by molar-refractivity contribution is -0.131. The second kappa shape index (κ2) is 9.07. The van der Waals surface area contributed by atoms with Crippen LogP contribution >= 0.6 is 11.8 Å². The summed E-state index contributed by atoms with van der Waals surface area (Å²) in [5, 5.41) is 14.1. The summed E-state index contributed by atoms with van der Waals surface area (Å²) in [6, 6.07) is 6.80. The Morgan fingerprint density at radius 3 is 2.57 bits per heavy atom. The van der Waals surface area contributed by atoms with Gasteiger partial charge in [0, 0.05) is 23.6 Å². The van der Waals surface area contributed by atoms with Gasteiger partial charge in [-0.2, -0.15) is 11.8 Å². The first-order chi connectivity index (χ1) is 10.0. The number of benzene rings is 1. The van der Waals surface area contributed by atoms with Crippen molar-refractivity contribution < 1.29 is 14.7 Å². The van der Waals surface area contributed by atoms with Gasteiger partial charge in [0.05, 0.1) is 0 Å². The molecule has 0 aliphatic heterocycles. The molecule has 0 radical (unpaired) electrons. The number of carbonyl (C=O) groups excluding carboxylic acids is 1. The van der Waals surface area contributed by atoms with Crippen molar-refractivity contribution in [1.82, 2.24) is 5.32 Å². The van der Waals surface area contributed by atoms with Gasteiger partial charge in [-0.15, -0.1) is 0 Å². The molecule has 21 heavy (non-hydrogen) atoms. The highest BCUT2D eigenvalue weighted by atomic mass is 32.2. The third-order valence-corrected chi connectivity index (χ3v) is 3.68. The molecule has 0 aliphatic rings. The van der Waals surface area contributed by atoms with Crippen LogP contribution in [0.2, 0.25) is 0 Å². The van der Waals surface area contributed by atoms with Crippen LogP contribution in [0, 0.1) is 0 Å². The highest BCUT2D eigenvalue weighted by Gasteiger charge is 2.06. The second-order valence-corrected chi connectivity index (χ2v) is 5.77. The van der Waals surface area contributed by atoms with Crippen LogP contribution in [0.25, 0.3) is 6.08 Å². The van der Waals surface area contributed by atoms with Crippen molar-refractivity contribution in [3.63, 3.8) is 0 Å². The van der Waals surface area contributed by atoms with Crippen LogP contribution in [0.4, 0.5) is 10.5 Å². The number of carbonyl (C=O) groups is 2. The molecule has 0 saturated heterocycles. The Labute approximate surface area is 128 Å². The van der Waals surface area contributed by atoms with Crippen molar-refractivity contribution in [3.05, 3.63) is 35.9 Å². The molecule has 0 heterocycles. The maximum atomic E-state index is 11.8. The van der Waals surface area contributed by atoms with Crippen LogP contribution in [0.5, 0.6) is 0 Å². The van der Waals surface area contributed by atoms with Gasteiger partial charge < -0.3 is 15.7 Å². The van der Waals surface area contributed by atoms with E-state index in [1.54, 1.807) is 36.0 Å². The first-order valence-electron chi connectivity index (χ1n) is 6.67. The molecule has 1 atom stereocenters. The van der Waals surface area contributed by atoms with E-state index in [4.69, 9.17) is 5.11 Å². The minimum absolute atomic E-state index is 0.104. The number of urea groups is 1. The molecular weight excluding hydrogens is 288 g/mol. The van der Waals surface area contributed by atoms with Crippen LogP contribution in [0.1, 0.15) is 19.4 Å². The number of carboxylic acids is 1. The number of anilines is 1. The number of rotatable bonds is 7. The Bertz CT molecular complexity index is 500. The van der Waals surface area contributed by atoms with E-state index < -0.39 is 5.97 Å². The fraction of sp³-hybridized carbons (Fsp3) is 0.333.